The third-order valence-electron chi connectivity index (χ3n) is 3.03. The summed E-state index contributed by atoms with van der Waals surface area (Å²) < 4.78 is 0. The van der Waals surface area contributed by atoms with E-state index in [9.17, 15) is 9.59 Å². The number of primary amides is 1. The third kappa shape index (κ3) is 2.19. The number of aromatic nitrogens is 1. The van der Waals surface area contributed by atoms with E-state index in [4.69, 9.17) is 11.5 Å². The second-order valence-corrected chi connectivity index (χ2v) is 4.52. The fourth-order valence-corrected chi connectivity index (χ4v) is 2.23. The SMILES string of the molecule is CC1Cc2cccnc2N1C(=O)C(N)CC(N)=O. The van der Waals surface area contributed by atoms with Gasteiger partial charge in [-0.15, -0.1) is 0 Å². The number of rotatable bonds is 3. The number of hydrogen-bond acceptors (Lipinski definition) is 4. The molecule has 6 heteroatoms. The Morgan fingerprint density at radius 1 is 1.61 bits per heavy atom. The molecule has 2 rings (SSSR count). The van der Waals surface area contributed by atoms with Crippen LogP contribution in [0, 0.1) is 0 Å². The maximum atomic E-state index is 12.2. The Morgan fingerprint density at radius 3 is 3.00 bits per heavy atom. The molecule has 6 nitrogen and oxygen atoms in total. The molecule has 1 aliphatic rings. The van der Waals surface area contributed by atoms with Gasteiger partial charge in [0.1, 0.15) is 5.82 Å². The first-order valence-electron chi connectivity index (χ1n) is 5.81. The van der Waals surface area contributed by atoms with Crippen LogP contribution >= 0.6 is 0 Å². The van der Waals surface area contributed by atoms with Gasteiger partial charge in [-0.1, -0.05) is 6.07 Å². The Morgan fingerprint density at radius 2 is 2.33 bits per heavy atom. The largest absolute Gasteiger partial charge is 0.370 e. The average molecular weight is 248 g/mol. The van der Waals surface area contributed by atoms with Crippen LogP contribution in [0.15, 0.2) is 18.3 Å². The summed E-state index contributed by atoms with van der Waals surface area (Å²) in [6, 6.07) is 2.87. The molecule has 0 fully saturated rings. The van der Waals surface area contributed by atoms with E-state index in [0.29, 0.717) is 5.82 Å². The molecular formula is C12H16N4O2. The zero-order chi connectivity index (χ0) is 13.3. The number of carbonyl (C=O) groups is 2. The van der Waals surface area contributed by atoms with E-state index in [2.05, 4.69) is 4.98 Å². The van der Waals surface area contributed by atoms with Crippen LogP contribution in [0.4, 0.5) is 5.82 Å². The topological polar surface area (TPSA) is 102 Å². The van der Waals surface area contributed by atoms with Gasteiger partial charge < -0.3 is 11.5 Å². The predicted molar refractivity (Wildman–Crippen MR) is 66.7 cm³/mol. The first kappa shape index (κ1) is 12.5. The number of nitrogens with two attached hydrogens (primary N) is 2. The molecular weight excluding hydrogens is 232 g/mol. The van der Waals surface area contributed by atoms with E-state index < -0.39 is 11.9 Å². The number of carbonyl (C=O) groups excluding carboxylic acids is 2. The summed E-state index contributed by atoms with van der Waals surface area (Å²) in [7, 11) is 0. The second kappa shape index (κ2) is 4.73. The van der Waals surface area contributed by atoms with Crippen molar-refractivity contribution in [2.45, 2.75) is 31.8 Å². The third-order valence-corrected chi connectivity index (χ3v) is 3.03. The number of pyridine rings is 1. The predicted octanol–water partition coefficient (Wildman–Crippen LogP) is -0.438. The number of fused-ring (bicyclic) bond motifs is 1. The van der Waals surface area contributed by atoms with Gasteiger partial charge in [0.05, 0.1) is 12.5 Å². The first-order valence-corrected chi connectivity index (χ1v) is 5.81. The molecule has 1 aliphatic heterocycles. The fourth-order valence-electron chi connectivity index (χ4n) is 2.23. The molecule has 0 aliphatic carbocycles. The summed E-state index contributed by atoms with van der Waals surface area (Å²) in [5.74, 6) is -0.252. The Kier molecular flexibility index (Phi) is 3.29. The van der Waals surface area contributed by atoms with E-state index in [-0.39, 0.29) is 18.4 Å². The summed E-state index contributed by atoms with van der Waals surface area (Å²) in [4.78, 5) is 28.8. The molecule has 18 heavy (non-hydrogen) atoms. The molecule has 2 heterocycles. The van der Waals surface area contributed by atoms with Gasteiger partial charge in [0.15, 0.2) is 0 Å². The molecule has 4 N–H and O–H groups in total. The van der Waals surface area contributed by atoms with Gasteiger partial charge in [-0.2, -0.15) is 0 Å². The monoisotopic (exact) mass is 248 g/mol. The summed E-state index contributed by atoms with van der Waals surface area (Å²) in [6.07, 6.45) is 2.24. The number of hydrogen-bond donors (Lipinski definition) is 2. The fraction of sp³-hybridized carbons (Fsp3) is 0.417. The zero-order valence-electron chi connectivity index (χ0n) is 10.2. The molecule has 2 amide bonds. The maximum Gasteiger partial charge on any atom is 0.245 e. The maximum absolute atomic E-state index is 12.2. The van der Waals surface area contributed by atoms with Crippen LogP contribution in [-0.4, -0.2) is 28.9 Å². The molecule has 1 aromatic heterocycles. The Hall–Kier alpha value is -1.95. The first-order chi connectivity index (χ1) is 8.50. The van der Waals surface area contributed by atoms with Gasteiger partial charge >= 0.3 is 0 Å². The van der Waals surface area contributed by atoms with Crippen LogP contribution in [0.25, 0.3) is 0 Å². The van der Waals surface area contributed by atoms with Gasteiger partial charge in [0, 0.05) is 12.2 Å². The molecule has 0 bridgehead atoms. The number of amides is 2. The summed E-state index contributed by atoms with van der Waals surface area (Å²) in [6.45, 7) is 1.93. The van der Waals surface area contributed by atoms with Crippen molar-refractivity contribution in [3.05, 3.63) is 23.9 Å². The normalized spacial score (nSPS) is 19.4. The van der Waals surface area contributed by atoms with Gasteiger partial charge in [-0.05, 0) is 25.0 Å². The van der Waals surface area contributed by atoms with Gasteiger partial charge in [0.2, 0.25) is 11.8 Å². The molecule has 0 saturated carbocycles. The van der Waals surface area contributed by atoms with E-state index in [1.54, 1.807) is 11.1 Å². The van der Waals surface area contributed by atoms with E-state index >= 15 is 0 Å². The number of anilines is 1. The highest BCUT2D eigenvalue weighted by atomic mass is 16.2. The smallest absolute Gasteiger partial charge is 0.245 e. The van der Waals surface area contributed by atoms with Crippen molar-refractivity contribution in [1.29, 1.82) is 0 Å². The van der Waals surface area contributed by atoms with Crippen LogP contribution in [0.5, 0.6) is 0 Å². The lowest BCUT2D eigenvalue weighted by Crippen LogP contribution is -2.48. The van der Waals surface area contributed by atoms with E-state index in [0.717, 1.165) is 12.0 Å². The lowest BCUT2D eigenvalue weighted by Gasteiger charge is -2.24. The van der Waals surface area contributed by atoms with Crippen molar-refractivity contribution >= 4 is 17.6 Å². The molecule has 0 aromatic carbocycles. The average Bonchev–Trinajstić information content (AvgIpc) is 2.63. The van der Waals surface area contributed by atoms with E-state index in [1.165, 1.54) is 0 Å². The molecule has 0 radical (unpaired) electrons. The number of nitrogens with zero attached hydrogens (tertiary/aromatic N) is 2. The van der Waals surface area contributed by atoms with Crippen molar-refractivity contribution in [3.63, 3.8) is 0 Å². The second-order valence-electron chi connectivity index (χ2n) is 4.52. The Bertz CT molecular complexity index is 489. The van der Waals surface area contributed by atoms with Gasteiger partial charge in [-0.25, -0.2) is 4.98 Å². The van der Waals surface area contributed by atoms with Crippen molar-refractivity contribution in [2.75, 3.05) is 4.90 Å². The summed E-state index contributed by atoms with van der Waals surface area (Å²) in [5, 5.41) is 0. The van der Waals surface area contributed by atoms with E-state index in [1.807, 2.05) is 19.1 Å². The van der Waals surface area contributed by atoms with Gasteiger partial charge in [-0.3, -0.25) is 14.5 Å². The quantitative estimate of drug-likeness (QED) is 0.757. The molecule has 2 unspecified atom stereocenters. The Labute approximate surface area is 105 Å². The minimum Gasteiger partial charge on any atom is -0.370 e. The van der Waals surface area contributed by atoms with Crippen LogP contribution < -0.4 is 16.4 Å². The minimum absolute atomic E-state index is 0.00123. The molecule has 1 aromatic rings. The standard InChI is InChI=1S/C12H16N4O2/c1-7-5-8-3-2-4-15-11(8)16(7)12(18)9(13)6-10(14)17/h2-4,7,9H,5-6,13H2,1H3,(H2,14,17). The van der Waals surface area contributed by atoms with Crippen molar-refractivity contribution in [1.82, 2.24) is 4.98 Å². The molecule has 0 saturated heterocycles. The summed E-state index contributed by atoms with van der Waals surface area (Å²) in [5.41, 5.74) is 11.8. The van der Waals surface area contributed by atoms with Crippen LogP contribution in [0.3, 0.4) is 0 Å². The van der Waals surface area contributed by atoms with Crippen molar-refractivity contribution < 1.29 is 9.59 Å². The Balaban J connectivity index is 2.23. The lowest BCUT2D eigenvalue weighted by molar-refractivity contribution is -0.124. The lowest BCUT2D eigenvalue weighted by atomic mass is 10.1. The van der Waals surface area contributed by atoms with Crippen LogP contribution in [0.1, 0.15) is 18.9 Å². The molecule has 96 valence electrons. The highest BCUT2D eigenvalue weighted by Crippen LogP contribution is 2.30. The highest BCUT2D eigenvalue weighted by Gasteiger charge is 2.34. The van der Waals surface area contributed by atoms with Gasteiger partial charge in [0.25, 0.3) is 0 Å². The van der Waals surface area contributed by atoms with Crippen molar-refractivity contribution in [3.8, 4) is 0 Å². The van der Waals surface area contributed by atoms with Crippen molar-refractivity contribution in [2.24, 2.45) is 11.5 Å². The van der Waals surface area contributed by atoms with Crippen LogP contribution in [0.2, 0.25) is 0 Å². The summed E-state index contributed by atoms with van der Waals surface area (Å²) >= 11 is 0. The highest BCUT2D eigenvalue weighted by molar-refractivity contribution is 6.00. The zero-order valence-corrected chi connectivity index (χ0v) is 10.2. The van der Waals surface area contributed by atoms with Crippen LogP contribution in [-0.2, 0) is 16.0 Å². The minimum atomic E-state index is -0.905. The molecule has 2 atom stereocenters. The molecule has 0 spiro atoms.